The second-order valence-corrected chi connectivity index (χ2v) is 40.0. The lowest BCUT2D eigenvalue weighted by Crippen LogP contribution is -1.93. The standard InChI is InChI=1S/C144H82/c1-3-28-85-74-130-93(72-83(85)26-1)58-59-114-104(130)46-21-53-119(114)139-95-36-11-7-32-89(95)78-134-107-49-24-56-122(117(107)62-68-126(134)139)142-98-39-14-8-33-90(98)79-135-108-50-22-54-120(115(108)63-69-127(135)142)140-96-37-12-5-30-87(96)76-132-105-47-19-44-101(112(105)60-66-124(132)140)102-45-20-48-106-113(102)61-67-125-133(106)77-88-31-6-13-38-97(88)141(125)121-55-23-51-109-116(121)64-70-128-136(109)80-91-34-9-15-40-99(91)143(128)123-57-25-52-110-118(123)65-71-129-137(110)81-92-35-10-16-41-100(92)144(129)138-82-94-73-84-27-2-4-29-86(84)75-131(94)103-42-17-18-43-111(103)138/h1-82H. The topological polar surface area (TPSA) is 0 Å². The second kappa shape index (κ2) is 30.4. The van der Waals surface area contributed by atoms with Gasteiger partial charge in [-0.2, -0.15) is 0 Å². The average molecular weight is 1810 g/mol. The van der Waals surface area contributed by atoms with Gasteiger partial charge in [0.25, 0.3) is 0 Å². The molecule has 0 unspecified atom stereocenters. The Kier molecular flexibility index (Phi) is 16.7. The summed E-state index contributed by atoms with van der Waals surface area (Å²) in [7, 11) is 0. The van der Waals surface area contributed by atoms with E-state index >= 15 is 0 Å². The van der Waals surface area contributed by atoms with Gasteiger partial charge in [0.15, 0.2) is 0 Å². The molecule has 32 rings (SSSR count). The fraction of sp³-hybridized carbons (Fsp3) is 0. The maximum absolute atomic E-state index is 2.46. The normalized spacial score (nSPS) is 12.3. The lowest BCUT2D eigenvalue weighted by Gasteiger charge is -2.20. The van der Waals surface area contributed by atoms with Gasteiger partial charge >= 0.3 is 0 Å². The fourth-order valence-corrected chi connectivity index (χ4v) is 26.5. The molecule has 0 bridgehead atoms. The average Bonchev–Trinajstić information content (AvgIpc) is 0.715. The molecule has 0 atom stereocenters. The van der Waals surface area contributed by atoms with E-state index in [4.69, 9.17) is 0 Å². The zero-order valence-electron chi connectivity index (χ0n) is 78.3. The first-order valence-corrected chi connectivity index (χ1v) is 50.4. The van der Waals surface area contributed by atoms with Crippen molar-refractivity contribution in [3.8, 4) is 77.9 Å². The molecule has 144 heavy (non-hydrogen) atoms. The predicted molar refractivity (Wildman–Crippen MR) is 625 cm³/mol. The van der Waals surface area contributed by atoms with E-state index in [1.807, 2.05) is 0 Å². The highest BCUT2D eigenvalue weighted by Gasteiger charge is 2.28. The van der Waals surface area contributed by atoms with Crippen LogP contribution in [0.5, 0.6) is 0 Å². The van der Waals surface area contributed by atoms with E-state index in [0.717, 1.165) is 0 Å². The van der Waals surface area contributed by atoms with Gasteiger partial charge in [-0.3, -0.25) is 0 Å². The molecule has 0 aromatic heterocycles. The van der Waals surface area contributed by atoms with E-state index in [9.17, 15) is 0 Å². The first-order chi connectivity index (χ1) is 71.4. The number of rotatable bonds is 7. The third-order valence-electron chi connectivity index (χ3n) is 32.8. The number of benzene rings is 32. The second-order valence-electron chi connectivity index (χ2n) is 40.0. The summed E-state index contributed by atoms with van der Waals surface area (Å²) in [4.78, 5) is 0. The minimum absolute atomic E-state index is 1.21. The Labute approximate surface area is 827 Å². The van der Waals surface area contributed by atoms with Crippen LogP contribution in [0.4, 0.5) is 0 Å². The van der Waals surface area contributed by atoms with Crippen LogP contribution in [0.3, 0.4) is 0 Å². The van der Waals surface area contributed by atoms with Crippen LogP contribution in [0.2, 0.25) is 0 Å². The minimum Gasteiger partial charge on any atom is -0.0616 e. The Morgan fingerprint density at radius 1 is 0.0625 bits per heavy atom. The summed E-state index contributed by atoms with van der Waals surface area (Å²) in [5.74, 6) is 0. The number of hydrogen-bond acceptors (Lipinski definition) is 0. The Morgan fingerprint density at radius 2 is 0.222 bits per heavy atom. The molecule has 0 saturated heterocycles. The van der Waals surface area contributed by atoms with Gasteiger partial charge in [-0.1, -0.05) is 431 Å². The van der Waals surface area contributed by atoms with Crippen molar-refractivity contribution in [3.63, 3.8) is 0 Å². The largest absolute Gasteiger partial charge is 0.0616 e. The Bertz CT molecular complexity index is 11400. The van der Waals surface area contributed by atoms with Gasteiger partial charge in [0.05, 0.1) is 0 Å². The molecule has 0 fully saturated rings. The molecule has 658 valence electrons. The molecule has 0 heteroatoms. The van der Waals surface area contributed by atoms with Gasteiger partial charge < -0.3 is 0 Å². The van der Waals surface area contributed by atoms with Crippen LogP contribution in [0.1, 0.15) is 0 Å². The van der Waals surface area contributed by atoms with Crippen LogP contribution >= 0.6 is 0 Å². The first-order valence-electron chi connectivity index (χ1n) is 50.4. The van der Waals surface area contributed by atoms with Gasteiger partial charge in [0.1, 0.15) is 0 Å². The van der Waals surface area contributed by atoms with Gasteiger partial charge in [0, 0.05) is 0 Å². The molecule has 0 saturated carbocycles. The summed E-state index contributed by atoms with van der Waals surface area (Å²) in [5.41, 5.74) is 17.4. The Balaban J connectivity index is 0.522. The van der Waals surface area contributed by atoms with E-state index in [2.05, 4.69) is 497 Å². The molecule has 0 amide bonds. The lowest BCUT2D eigenvalue weighted by atomic mass is 9.83. The zero-order valence-corrected chi connectivity index (χ0v) is 78.3. The predicted octanol–water partition coefficient (Wildman–Crippen LogP) is 41.0. The van der Waals surface area contributed by atoms with Gasteiger partial charge in [0.2, 0.25) is 0 Å². The lowest BCUT2D eigenvalue weighted by molar-refractivity contribution is 1.70. The van der Waals surface area contributed by atoms with Crippen molar-refractivity contribution in [1.29, 1.82) is 0 Å². The molecule has 0 spiro atoms. The van der Waals surface area contributed by atoms with Crippen molar-refractivity contribution < 1.29 is 0 Å². The van der Waals surface area contributed by atoms with Crippen LogP contribution in [-0.4, -0.2) is 0 Å². The van der Waals surface area contributed by atoms with Crippen LogP contribution in [0.25, 0.3) is 336 Å². The molecule has 0 aliphatic heterocycles. The van der Waals surface area contributed by atoms with Crippen molar-refractivity contribution in [2.24, 2.45) is 0 Å². The van der Waals surface area contributed by atoms with Crippen molar-refractivity contribution in [1.82, 2.24) is 0 Å². The van der Waals surface area contributed by atoms with Gasteiger partial charge in [-0.25, -0.2) is 0 Å². The van der Waals surface area contributed by atoms with E-state index in [-0.39, 0.29) is 0 Å². The zero-order chi connectivity index (χ0) is 93.8. The maximum atomic E-state index is 2.46. The van der Waals surface area contributed by atoms with Gasteiger partial charge in [-0.15, -0.1) is 0 Å². The van der Waals surface area contributed by atoms with Crippen molar-refractivity contribution in [2.45, 2.75) is 0 Å². The van der Waals surface area contributed by atoms with Crippen molar-refractivity contribution in [3.05, 3.63) is 497 Å². The van der Waals surface area contributed by atoms with Crippen LogP contribution < -0.4 is 0 Å². The summed E-state index contributed by atoms with van der Waals surface area (Å²) in [6.07, 6.45) is 0. The molecule has 0 heterocycles. The highest BCUT2D eigenvalue weighted by atomic mass is 14.3. The van der Waals surface area contributed by atoms with Crippen LogP contribution in [0, 0.1) is 0 Å². The number of fused-ring (bicyclic) bond motifs is 32. The van der Waals surface area contributed by atoms with Crippen molar-refractivity contribution >= 4 is 259 Å². The molecular weight excluding hydrogens is 1730 g/mol. The third-order valence-corrected chi connectivity index (χ3v) is 32.8. The highest BCUT2D eigenvalue weighted by molar-refractivity contribution is 6.35. The summed E-state index contributed by atoms with van der Waals surface area (Å²) in [6, 6.07) is 190. The van der Waals surface area contributed by atoms with E-state index in [0.29, 0.717) is 0 Å². The van der Waals surface area contributed by atoms with E-state index < -0.39 is 0 Å². The molecule has 0 N–H and O–H groups in total. The molecule has 32 aromatic carbocycles. The Morgan fingerprint density at radius 3 is 0.500 bits per heavy atom. The fourth-order valence-electron chi connectivity index (χ4n) is 26.5. The molecule has 0 radical (unpaired) electrons. The van der Waals surface area contributed by atoms with Crippen molar-refractivity contribution in [2.75, 3.05) is 0 Å². The van der Waals surface area contributed by atoms with Gasteiger partial charge in [-0.05, 0) is 403 Å². The molecule has 0 aliphatic rings. The maximum Gasteiger partial charge on any atom is -0.00201 e. The quantitative estimate of drug-likeness (QED) is 0.110. The van der Waals surface area contributed by atoms with Crippen LogP contribution in [0.15, 0.2) is 497 Å². The monoisotopic (exact) mass is 1810 g/mol. The summed E-state index contributed by atoms with van der Waals surface area (Å²) < 4.78 is 0. The number of hydrogen-bond donors (Lipinski definition) is 0. The first kappa shape index (κ1) is 79.2. The minimum atomic E-state index is 1.21. The molecule has 0 aliphatic carbocycles. The summed E-state index contributed by atoms with van der Waals surface area (Å²) in [5, 5.41) is 59.5. The molecule has 32 aromatic rings. The third kappa shape index (κ3) is 11.4. The summed E-state index contributed by atoms with van der Waals surface area (Å²) >= 11 is 0. The SMILES string of the molecule is c1ccc2cc3c(ccc4c(-c5c6ccccc6cc6c5ccc5c(-c7c8ccccc8cc8c7ccc7c(-c9c%10ccccc%10cc%10c9ccc9c(-c%11cccc%12c%11ccc%11c(-c%13cccc%14c%13ccc%13c(-c%15cccc%16c%15ccc%15c(-c%17cc%18cc%19ccccc%19cc%18c%18ccccc%17%18)c%17ccccc%17cc%15%16)c%15ccccc%15cc%13%14)c%13ccccc%13cc%11%12)cccc9%10)cccc78)cccc56)cccc43)cc2c1. The summed E-state index contributed by atoms with van der Waals surface area (Å²) in [6.45, 7) is 0. The van der Waals surface area contributed by atoms with E-state index in [1.165, 1.54) is 336 Å². The molecular formula is C144H82. The van der Waals surface area contributed by atoms with Crippen LogP contribution in [-0.2, 0) is 0 Å². The highest BCUT2D eigenvalue weighted by Crippen LogP contribution is 2.55. The Hall–Kier alpha value is -18.7. The molecule has 0 nitrogen and oxygen atoms in total. The smallest absolute Gasteiger partial charge is 0.00201 e. The van der Waals surface area contributed by atoms with E-state index in [1.54, 1.807) is 0 Å².